The van der Waals surface area contributed by atoms with Crippen molar-refractivity contribution in [1.29, 1.82) is 0 Å². The first-order valence-corrected chi connectivity index (χ1v) is 5.72. The number of hydrogen-bond donors (Lipinski definition) is 2. The molecule has 1 amide bonds. The topological polar surface area (TPSA) is 41.1 Å². The molecule has 14 heavy (non-hydrogen) atoms. The van der Waals surface area contributed by atoms with Gasteiger partial charge in [-0.25, -0.2) is 0 Å². The van der Waals surface area contributed by atoms with Crippen molar-refractivity contribution in [2.24, 2.45) is 5.92 Å². The van der Waals surface area contributed by atoms with Gasteiger partial charge < -0.3 is 10.6 Å². The lowest BCUT2D eigenvalue weighted by molar-refractivity contribution is -0.122. The van der Waals surface area contributed by atoms with Crippen molar-refractivity contribution in [3.8, 4) is 0 Å². The summed E-state index contributed by atoms with van der Waals surface area (Å²) in [5.41, 5.74) is 0. The number of rotatable bonds is 6. The lowest BCUT2D eigenvalue weighted by Crippen LogP contribution is -2.43. The quantitative estimate of drug-likeness (QED) is 0.675. The molecule has 0 heterocycles. The Morgan fingerprint density at radius 1 is 1.50 bits per heavy atom. The van der Waals surface area contributed by atoms with Gasteiger partial charge in [0.05, 0.1) is 6.04 Å². The molecule has 3 atom stereocenters. The van der Waals surface area contributed by atoms with Gasteiger partial charge >= 0.3 is 0 Å². The molecule has 0 bridgehead atoms. The molecule has 2 N–H and O–H groups in total. The van der Waals surface area contributed by atoms with E-state index >= 15 is 0 Å². The number of carbonyl (C=O) groups is 1. The van der Waals surface area contributed by atoms with Crippen LogP contribution in [-0.4, -0.2) is 24.5 Å². The van der Waals surface area contributed by atoms with Crippen molar-refractivity contribution in [3.05, 3.63) is 0 Å². The minimum absolute atomic E-state index is 0.0388. The second-order valence-electron chi connectivity index (χ2n) is 4.19. The van der Waals surface area contributed by atoms with Gasteiger partial charge in [0.2, 0.25) is 5.91 Å². The van der Waals surface area contributed by atoms with Crippen molar-refractivity contribution >= 4 is 5.91 Å². The van der Waals surface area contributed by atoms with E-state index in [1.165, 1.54) is 12.8 Å². The van der Waals surface area contributed by atoms with Crippen molar-refractivity contribution in [2.75, 3.05) is 6.54 Å². The summed E-state index contributed by atoms with van der Waals surface area (Å²) in [6.07, 6.45) is 3.46. The molecular formula is C11H22N2O. The molecule has 1 aliphatic rings. The molecule has 3 nitrogen and oxygen atoms in total. The fourth-order valence-corrected chi connectivity index (χ4v) is 1.70. The van der Waals surface area contributed by atoms with Gasteiger partial charge in [-0.2, -0.15) is 0 Å². The highest BCUT2D eigenvalue weighted by Crippen LogP contribution is 2.33. The van der Waals surface area contributed by atoms with Gasteiger partial charge in [0.15, 0.2) is 0 Å². The summed E-state index contributed by atoms with van der Waals surface area (Å²) in [6, 6.07) is 0.547. The fraction of sp³-hybridized carbons (Fsp3) is 0.909. The van der Waals surface area contributed by atoms with E-state index in [1.54, 1.807) is 0 Å². The Balaban J connectivity index is 2.15. The van der Waals surface area contributed by atoms with Crippen LogP contribution in [0.4, 0.5) is 0 Å². The molecule has 1 aliphatic carbocycles. The molecule has 0 aliphatic heterocycles. The van der Waals surface area contributed by atoms with Crippen molar-refractivity contribution in [3.63, 3.8) is 0 Å². The standard InChI is InChI=1S/C11H22N2O/c1-4-6-12-11(14)8(3)13-10-7-9(10)5-2/h8-10,13H,4-7H2,1-3H3,(H,12,14). The van der Waals surface area contributed by atoms with Crippen LogP contribution in [0.2, 0.25) is 0 Å². The van der Waals surface area contributed by atoms with E-state index in [0.29, 0.717) is 6.04 Å². The van der Waals surface area contributed by atoms with Crippen LogP contribution in [0.25, 0.3) is 0 Å². The fourth-order valence-electron chi connectivity index (χ4n) is 1.70. The summed E-state index contributed by atoms with van der Waals surface area (Å²) < 4.78 is 0. The molecule has 1 rings (SSSR count). The number of carbonyl (C=O) groups excluding carboxylic acids is 1. The Kier molecular flexibility index (Phi) is 4.39. The maximum atomic E-state index is 11.5. The van der Waals surface area contributed by atoms with Crippen molar-refractivity contribution in [2.45, 2.75) is 52.1 Å². The van der Waals surface area contributed by atoms with Gasteiger partial charge in [-0.1, -0.05) is 20.3 Å². The molecule has 1 fully saturated rings. The minimum Gasteiger partial charge on any atom is -0.355 e. The van der Waals surface area contributed by atoms with E-state index in [1.807, 2.05) is 6.92 Å². The minimum atomic E-state index is -0.0388. The van der Waals surface area contributed by atoms with Crippen LogP contribution in [0.1, 0.15) is 40.0 Å². The molecule has 82 valence electrons. The molecular weight excluding hydrogens is 176 g/mol. The molecule has 0 saturated heterocycles. The summed E-state index contributed by atoms with van der Waals surface area (Å²) in [5, 5.41) is 6.25. The third kappa shape index (κ3) is 3.29. The Labute approximate surface area is 86.6 Å². The average molecular weight is 198 g/mol. The van der Waals surface area contributed by atoms with E-state index in [9.17, 15) is 4.79 Å². The highest BCUT2D eigenvalue weighted by atomic mass is 16.2. The van der Waals surface area contributed by atoms with E-state index in [-0.39, 0.29) is 11.9 Å². The maximum Gasteiger partial charge on any atom is 0.236 e. The Bertz CT molecular complexity index is 194. The van der Waals surface area contributed by atoms with Gasteiger partial charge in [0.25, 0.3) is 0 Å². The molecule has 1 saturated carbocycles. The third-order valence-corrected chi connectivity index (χ3v) is 2.85. The zero-order valence-electron chi connectivity index (χ0n) is 9.47. The lowest BCUT2D eigenvalue weighted by atomic mass is 10.2. The van der Waals surface area contributed by atoms with E-state index < -0.39 is 0 Å². The van der Waals surface area contributed by atoms with Crippen LogP contribution in [0.5, 0.6) is 0 Å². The number of nitrogens with one attached hydrogen (secondary N) is 2. The highest BCUT2D eigenvalue weighted by Gasteiger charge is 2.36. The van der Waals surface area contributed by atoms with Gasteiger partial charge in [-0.15, -0.1) is 0 Å². The van der Waals surface area contributed by atoms with E-state index in [0.717, 1.165) is 18.9 Å². The zero-order chi connectivity index (χ0) is 10.6. The second-order valence-corrected chi connectivity index (χ2v) is 4.19. The number of amides is 1. The van der Waals surface area contributed by atoms with Crippen LogP contribution in [0.3, 0.4) is 0 Å². The van der Waals surface area contributed by atoms with Crippen LogP contribution in [0, 0.1) is 5.92 Å². The van der Waals surface area contributed by atoms with Crippen molar-refractivity contribution in [1.82, 2.24) is 10.6 Å². The summed E-state index contributed by atoms with van der Waals surface area (Å²) in [5.74, 6) is 0.935. The predicted octanol–water partition coefficient (Wildman–Crippen LogP) is 1.29. The van der Waals surface area contributed by atoms with Crippen molar-refractivity contribution < 1.29 is 4.79 Å². The summed E-state index contributed by atoms with van der Waals surface area (Å²) in [7, 11) is 0. The zero-order valence-corrected chi connectivity index (χ0v) is 9.47. The van der Waals surface area contributed by atoms with Crippen LogP contribution >= 0.6 is 0 Å². The van der Waals surface area contributed by atoms with E-state index in [4.69, 9.17) is 0 Å². The maximum absolute atomic E-state index is 11.5. The molecule has 0 aromatic rings. The average Bonchev–Trinajstić information content (AvgIpc) is 2.92. The Morgan fingerprint density at radius 3 is 2.71 bits per heavy atom. The van der Waals surface area contributed by atoms with E-state index in [2.05, 4.69) is 24.5 Å². The predicted molar refractivity (Wildman–Crippen MR) is 58.1 cm³/mol. The normalized spacial score (nSPS) is 27.1. The van der Waals surface area contributed by atoms with Gasteiger partial charge in [0.1, 0.15) is 0 Å². The van der Waals surface area contributed by atoms with Crippen LogP contribution < -0.4 is 10.6 Å². The first kappa shape index (κ1) is 11.5. The van der Waals surface area contributed by atoms with Crippen LogP contribution in [0.15, 0.2) is 0 Å². The smallest absolute Gasteiger partial charge is 0.236 e. The summed E-state index contributed by atoms with van der Waals surface area (Å²) in [6.45, 7) is 6.99. The first-order valence-electron chi connectivity index (χ1n) is 5.72. The summed E-state index contributed by atoms with van der Waals surface area (Å²) >= 11 is 0. The molecule has 3 heteroatoms. The molecule has 0 radical (unpaired) electrons. The monoisotopic (exact) mass is 198 g/mol. The Hall–Kier alpha value is -0.570. The lowest BCUT2D eigenvalue weighted by Gasteiger charge is -2.13. The molecule has 0 aromatic carbocycles. The SMILES string of the molecule is CCCNC(=O)C(C)NC1CC1CC. The molecule has 0 aromatic heterocycles. The molecule has 0 spiro atoms. The van der Waals surface area contributed by atoms with Gasteiger partial charge in [-0.3, -0.25) is 4.79 Å². The summed E-state index contributed by atoms with van der Waals surface area (Å²) in [4.78, 5) is 11.5. The largest absolute Gasteiger partial charge is 0.355 e. The third-order valence-electron chi connectivity index (χ3n) is 2.85. The first-order chi connectivity index (χ1) is 6.69. The molecule has 3 unspecified atom stereocenters. The van der Waals surface area contributed by atoms with Gasteiger partial charge in [-0.05, 0) is 25.7 Å². The van der Waals surface area contributed by atoms with Crippen LogP contribution in [-0.2, 0) is 4.79 Å². The second kappa shape index (κ2) is 5.35. The number of hydrogen-bond acceptors (Lipinski definition) is 2. The highest BCUT2D eigenvalue weighted by molar-refractivity contribution is 5.81. The Morgan fingerprint density at radius 2 is 2.21 bits per heavy atom. The van der Waals surface area contributed by atoms with Gasteiger partial charge in [0, 0.05) is 12.6 Å².